The van der Waals surface area contributed by atoms with E-state index in [0.29, 0.717) is 58.6 Å². The van der Waals surface area contributed by atoms with Crippen molar-refractivity contribution < 1.29 is 0 Å². The van der Waals surface area contributed by atoms with E-state index in [4.69, 9.17) is 22.3 Å². The molecule has 0 amide bonds. The first-order chi connectivity index (χ1) is 14.7. The van der Waals surface area contributed by atoms with Gasteiger partial charge >= 0.3 is 0 Å². The van der Waals surface area contributed by atoms with E-state index in [2.05, 4.69) is 20.4 Å². The third-order valence-electron chi connectivity index (χ3n) is 5.41. The molecule has 1 fully saturated rings. The Morgan fingerprint density at radius 3 is 2.97 bits per heavy atom. The number of anilines is 1. The van der Waals surface area contributed by atoms with Crippen molar-refractivity contribution in [2.45, 2.75) is 31.8 Å². The Hall–Kier alpha value is -3.04. The Balaban J connectivity index is 1.66. The highest BCUT2D eigenvalue weighted by Gasteiger charge is 2.36. The molecule has 10 heteroatoms. The molecule has 3 heterocycles. The van der Waals surface area contributed by atoms with Crippen molar-refractivity contribution >= 4 is 34.0 Å². The van der Waals surface area contributed by atoms with E-state index in [1.54, 1.807) is 27.5 Å². The molecule has 1 aromatic carbocycles. The first kappa shape index (κ1) is 19.0. The molecular weight excluding hydrogens is 404 g/mol. The lowest BCUT2D eigenvalue weighted by atomic mass is 10.1. The fourth-order valence-corrected chi connectivity index (χ4v) is 4.02. The van der Waals surface area contributed by atoms with E-state index < -0.39 is 0 Å². The van der Waals surface area contributed by atoms with Gasteiger partial charge in [-0.3, -0.25) is 9.36 Å². The van der Waals surface area contributed by atoms with Crippen LogP contribution >= 0.6 is 11.6 Å². The Labute approximate surface area is 176 Å². The van der Waals surface area contributed by atoms with E-state index >= 15 is 0 Å². The summed E-state index contributed by atoms with van der Waals surface area (Å²) in [7, 11) is 0. The minimum absolute atomic E-state index is 0.143. The van der Waals surface area contributed by atoms with Gasteiger partial charge in [-0.2, -0.15) is 5.10 Å². The summed E-state index contributed by atoms with van der Waals surface area (Å²) in [4.78, 5) is 27.0. The van der Waals surface area contributed by atoms with Crippen LogP contribution in [0.1, 0.15) is 31.1 Å². The summed E-state index contributed by atoms with van der Waals surface area (Å²) in [5.74, 6) is 1.63. The van der Waals surface area contributed by atoms with Crippen molar-refractivity contribution in [2.24, 2.45) is 11.7 Å². The van der Waals surface area contributed by atoms with Crippen LogP contribution in [0, 0.1) is 5.92 Å². The van der Waals surface area contributed by atoms with E-state index in [-0.39, 0.29) is 11.6 Å². The zero-order chi connectivity index (χ0) is 20.7. The van der Waals surface area contributed by atoms with Crippen molar-refractivity contribution in [1.29, 1.82) is 0 Å². The van der Waals surface area contributed by atoms with Crippen LogP contribution in [0.2, 0.25) is 5.02 Å². The zero-order valence-corrected chi connectivity index (χ0v) is 17.0. The molecule has 1 atom stereocenters. The number of benzene rings is 1. The average molecular weight is 425 g/mol. The van der Waals surface area contributed by atoms with Gasteiger partial charge in [0.15, 0.2) is 11.5 Å². The summed E-state index contributed by atoms with van der Waals surface area (Å²) < 4.78 is 3.37. The summed E-state index contributed by atoms with van der Waals surface area (Å²) >= 11 is 6.34. The lowest BCUT2D eigenvalue weighted by molar-refractivity contribution is 0.530. The van der Waals surface area contributed by atoms with Gasteiger partial charge in [0.05, 0.1) is 22.0 Å². The molecule has 0 bridgehead atoms. The smallest absolute Gasteiger partial charge is 0.262 e. The Kier molecular flexibility index (Phi) is 4.84. The van der Waals surface area contributed by atoms with Gasteiger partial charge in [0.1, 0.15) is 12.2 Å². The molecule has 0 radical (unpaired) electrons. The number of nitrogens with zero attached hydrogens (tertiary/aromatic N) is 6. The topological polar surface area (TPSA) is 116 Å². The van der Waals surface area contributed by atoms with Crippen molar-refractivity contribution in [3.8, 4) is 0 Å². The standard InChI is InChI=1S/C20H21ClN8O/c21-13-3-1-4-14-15(13)20(30)28(9-2-7-22)18(26-14)16(12-5-6-12)27-17-19-23-8-10-29(19)25-11-24-17/h1,3-4,8,10-12,16H,2,5-7,9,22H2,(H,24,25,27)/t16-/m0/s1. The van der Waals surface area contributed by atoms with Crippen LogP contribution in [0.25, 0.3) is 16.6 Å². The van der Waals surface area contributed by atoms with Crippen molar-refractivity contribution in [2.75, 3.05) is 11.9 Å². The molecule has 1 aliphatic carbocycles. The lowest BCUT2D eigenvalue weighted by Crippen LogP contribution is -2.31. The lowest BCUT2D eigenvalue weighted by Gasteiger charge is -2.23. The third kappa shape index (κ3) is 3.29. The molecule has 4 aromatic rings. The molecule has 5 rings (SSSR count). The number of nitrogens with two attached hydrogens (primary N) is 1. The van der Waals surface area contributed by atoms with E-state index in [1.807, 2.05) is 12.1 Å². The van der Waals surface area contributed by atoms with Crippen LogP contribution in [0.4, 0.5) is 5.82 Å². The average Bonchev–Trinajstić information content (AvgIpc) is 3.47. The second-order valence-corrected chi connectivity index (χ2v) is 7.87. The normalized spacial score (nSPS) is 15.0. The minimum atomic E-state index is -0.186. The molecule has 3 aromatic heterocycles. The molecule has 0 saturated heterocycles. The van der Waals surface area contributed by atoms with E-state index in [9.17, 15) is 4.79 Å². The molecule has 9 nitrogen and oxygen atoms in total. The highest BCUT2D eigenvalue weighted by molar-refractivity contribution is 6.35. The van der Waals surface area contributed by atoms with Crippen LogP contribution in [-0.4, -0.2) is 35.7 Å². The molecule has 1 saturated carbocycles. The molecule has 1 aliphatic rings. The number of hydrogen-bond donors (Lipinski definition) is 2. The van der Waals surface area contributed by atoms with Gasteiger partial charge in [0, 0.05) is 18.9 Å². The fraction of sp³-hybridized carbons (Fsp3) is 0.350. The first-order valence-corrected chi connectivity index (χ1v) is 10.3. The highest BCUT2D eigenvalue weighted by Crippen LogP contribution is 2.42. The van der Waals surface area contributed by atoms with Gasteiger partial charge in [-0.1, -0.05) is 17.7 Å². The summed E-state index contributed by atoms with van der Waals surface area (Å²) in [6.07, 6.45) is 7.69. The molecule has 30 heavy (non-hydrogen) atoms. The highest BCUT2D eigenvalue weighted by atomic mass is 35.5. The SMILES string of the molecule is NCCCn1c([C@@H](Nc2ncnn3ccnc23)C2CC2)nc2cccc(Cl)c2c1=O. The second kappa shape index (κ2) is 7.66. The molecule has 3 N–H and O–H groups in total. The number of fused-ring (bicyclic) bond motifs is 2. The molecule has 0 aliphatic heterocycles. The largest absolute Gasteiger partial charge is 0.357 e. The second-order valence-electron chi connectivity index (χ2n) is 7.47. The van der Waals surface area contributed by atoms with Gasteiger partial charge in [0.25, 0.3) is 5.56 Å². The Morgan fingerprint density at radius 1 is 1.30 bits per heavy atom. The zero-order valence-electron chi connectivity index (χ0n) is 16.2. The van der Waals surface area contributed by atoms with Crippen LogP contribution < -0.4 is 16.6 Å². The number of nitrogens with one attached hydrogen (secondary N) is 1. The Morgan fingerprint density at radius 2 is 2.17 bits per heavy atom. The van der Waals surface area contributed by atoms with E-state index in [0.717, 1.165) is 12.8 Å². The summed E-state index contributed by atoms with van der Waals surface area (Å²) in [6.45, 7) is 0.959. The van der Waals surface area contributed by atoms with E-state index in [1.165, 1.54) is 6.33 Å². The molecule has 154 valence electrons. The summed E-state index contributed by atoms with van der Waals surface area (Å²) in [6, 6.07) is 5.16. The maximum atomic E-state index is 13.4. The van der Waals surface area contributed by atoms with Gasteiger partial charge in [0.2, 0.25) is 0 Å². The number of halogens is 1. The fourth-order valence-electron chi connectivity index (χ4n) is 3.77. The van der Waals surface area contributed by atoms with Gasteiger partial charge in [-0.15, -0.1) is 0 Å². The van der Waals surface area contributed by atoms with Gasteiger partial charge < -0.3 is 11.1 Å². The van der Waals surface area contributed by atoms with Gasteiger partial charge in [-0.05, 0) is 43.9 Å². The van der Waals surface area contributed by atoms with Crippen molar-refractivity contribution in [1.82, 2.24) is 29.1 Å². The number of hydrogen-bond acceptors (Lipinski definition) is 7. The van der Waals surface area contributed by atoms with Crippen LogP contribution in [-0.2, 0) is 6.54 Å². The summed E-state index contributed by atoms with van der Waals surface area (Å²) in [5.41, 5.74) is 6.81. The molecule has 0 unspecified atom stereocenters. The number of rotatable bonds is 7. The van der Waals surface area contributed by atoms with Gasteiger partial charge in [-0.25, -0.2) is 19.5 Å². The monoisotopic (exact) mass is 424 g/mol. The number of imidazole rings is 1. The predicted octanol–water partition coefficient (Wildman–Crippen LogP) is 2.40. The van der Waals surface area contributed by atoms with Crippen molar-refractivity contribution in [3.05, 3.63) is 58.1 Å². The maximum absolute atomic E-state index is 13.4. The molecule has 0 spiro atoms. The van der Waals surface area contributed by atoms with Crippen LogP contribution in [0.3, 0.4) is 0 Å². The minimum Gasteiger partial charge on any atom is -0.357 e. The Bertz CT molecular complexity index is 1280. The van der Waals surface area contributed by atoms with Crippen LogP contribution in [0.15, 0.2) is 41.7 Å². The quantitative estimate of drug-likeness (QED) is 0.468. The van der Waals surface area contributed by atoms with Crippen molar-refractivity contribution in [3.63, 3.8) is 0 Å². The third-order valence-corrected chi connectivity index (χ3v) is 5.72. The number of aromatic nitrogens is 6. The predicted molar refractivity (Wildman–Crippen MR) is 115 cm³/mol. The maximum Gasteiger partial charge on any atom is 0.262 e. The summed E-state index contributed by atoms with van der Waals surface area (Å²) in [5, 5.41) is 8.50. The molecular formula is C20H21ClN8O. The first-order valence-electron chi connectivity index (χ1n) is 9.97. The van der Waals surface area contributed by atoms with Crippen LogP contribution in [0.5, 0.6) is 0 Å².